The number of hydrogen-bond donors (Lipinski definition) is 1. The van der Waals surface area contributed by atoms with Crippen molar-refractivity contribution in [3.8, 4) is 0 Å². The van der Waals surface area contributed by atoms with Crippen molar-refractivity contribution in [2.45, 2.75) is 32.1 Å². The Kier molecular flexibility index (Phi) is 3.12. The van der Waals surface area contributed by atoms with Crippen LogP contribution < -0.4 is 5.32 Å². The molecule has 2 atom stereocenters. The molecule has 0 aliphatic heterocycles. The summed E-state index contributed by atoms with van der Waals surface area (Å²) in [6.07, 6.45) is -3.52. The monoisotopic (exact) mass is 247 g/mol. The zero-order chi connectivity index (χ0) is 12.6. The Hall–Kier alpha value is -1.10. The molecule has 17 heavy (non-hydrogen) atoms. The standard InChI is InChI=1S/C12H13F4N/c1-7-4-11(7)17-6-8-2-3-9(13)5-10(8)12(14,15)16/h2-3,5,7,11,17H,4,6H2,1H3. The fourth-order valence-electron chi connectivity index (χ4n) is 1.81. The van der Waals surface area contributed by atoms with Gasteiger partial charge in [0, 0.05) is 12.6 Å². The molecule has 1 aliphatic carbocycles. The lowest BCUT2D eigenvalue weighted by molar-refractivity contribution is -0.138. The highest BCUT2D eigenvalue weighted by molar-refractivity contribution is 5.30. The van der Waals surface area contributed by atoms with Gasteiger partial charge in [-0.3, -0.25) is 0 Å². The molecule has 1 aromatic carbocycles. The first-order valence-electron chi connectivity index (χ1n) is 5.47. The molecule has 0 bridgehead atoms. The summed E-state index contributed by atoms with van der Waals surface area (Å²) in [4.78, 5) is 0. The normalized spacial score (nSPS) is 23.8. The van der Waals surface area contributed by atoms with E-state index in [0.29, 0.717) is 18.0 Å². The summed E-state index contributed by atoms with van der Waals surface area (Å²) in [6, 6.07) is 3.09. The van der Waals surface area contributed by atoms with Crippen LogP contribution in [0, 0.1) is 11.7 Å². The van der Waals surface area contributed by atoms with Crippen LogP contribution in [0.4, 0.5) is 17.6 Å². The van der Waals surface area contributed by atoms with E-state index in [2.05, 4.69) is 5.32 Å². The van der Waals surface area contributed by atoms with Crippen LogP contribution in [0.2, 0.25) is 0 Å². The van der Waals surface area contributed by atoms with Gasteiger partial charge in [0.05, 0.1) is 5.56 Å². The van der Waals surface area contributed by atoms with Gasteiger partial charge in [0.1, 0.15) is 5.82 Å². The SMILES string of the molecule is CC1CC1NCc1ccc(F)cc1C(F)(F)F. The van der Waals surface area contributed by atoms with Crippen molar-refractivity contribution in [1.82, 2.24) is 5.32 Å². The minimum atomic E-state index is -4.51. The molecule has 2 rings (SSSR count). The van der Waals surface area contributed by atoms with Crippen molar-refractivity contribution in [3.05, 3.63) is 35.1 Å². The summed E-state index contributed by atoms with van der Waals surface area (Å²) < 4.78 is 50.8. The minimum absolute atomic E-state index is 0.0954. The van der Waals surface area contributed by atoms with Gasteiger partial charge in [0.15, 0.2) is 0 Å². The predicted octanol–water partition coefficient (Wildman–Crippen LogP) is 3.34. The van der Waals surface area contributed by atoms with E-state index in [4.69, 9.17) is 0 Å². The van der Waals surface area contributed by atoms with Gasteiger partial charge in [0.2, 0.25) is 0 Å². The van der Waals surface area contributed by atoms with Crippen molar-refractivity contribution >= 4 is 0 Å². The van der Waals surface area contributed by atoms with Gasteiger partial charge < -0.3 is 5.32 Å². The number of rotatable bonds is 3. The maximum atomic E-state index is 12.8. The van der Waals surface area contributed by atoms with E-state index < -0.39 is 17.6 Å². The van der Waals surface area contributed by atoms with Crippen LogP contribution in [0.3, 0.4) is 0 Å². The summed E-state index contributed by atoms with van der Waals surface area (Å²) in [5.41, 5.74) is -0.795. The first kappa shape index (κ1) is 12.4. The molecule has 1 nitrogen and oxygen atoms in total. The summed E-state index contributed by atoms with van der Waals surface area (Å²) in [6.45, 7) is 2.16. The summed E-state index contributed by atoms with van der Waals surface area (Å²) in [7, 11) is 0. The summed E-state index contributed by atoms with van der Waals surface area (Å²) in [5.74, 6) is -0.342. The lowest BCUT2D eigenvalue weighted by atomic mass is 10.1. The van der Waals surface area contributed by atoms with Gasteiger partial charge in [-0.2, -0.15) is 13.2 Å². The first-order chi connectivity index (χ1) is 7.88. The van der Waals surface area contributed by atoms with E-state index in [1.54, 1.807) is 0 Å². The van der Waals surface area contributed by atoms with Gasteiger partial charge >= 0.3 is 6.18 Å². The van der Waals surface area contributed by atoms with Crippen molar-refractivity contribution in [1.29, 1.82) is 0 Å². The van der Waals surface area contributed by atoms with E-state index >= 15 is 0 Å². The highest BCUT2D eigenvalue weighted by Crippen LogP contribution is 2.34. The second-order valence-corrected chi connectivity index (χ2v) is 4.50. The number of halogens is 4. The lowest BCUT2D eigenvalue weighted by Crippen LogP contribution is -2.20. The van der Waals surface area contributed by atoms with Crippen LogP contribution in [0.1, 0.15) is 24.5 Å². The molecule has 5 heteroatoms. The second-order valence-electron chi connectivity index (χ2n) is 4.50. The number of hydrogen-bond acceptors (Lipinski definition) is 1. The third kappa shape index (κ3) is 2.97. The van der Waals surface area contributed by atoms with E-state index in [-0.39, 0.29) is 12.1 Å². The Morgan fingerprint density at radius 1 is 1.35 bits per heavy atom. The number of benzene rings is 1. The maximum Gasteiger partial charge on any atom is 0.416 e. The van der Waals surface area contributed by atoms with Gasteiger partial charge in [-0.05, 0) is 30.0 Å². The molecule has 1 aliphatic rings. The Labute approximate surface area is 96.8 Å². The average molecular weight is 247 g/mol. The zero-order valence-electron chi connectivity index (χ0n) is 9.31. The molecule has 0 heterocycles. The van der Waals surface area contributed by atoms with Gasteiger partial charge in [-0.25, -0.2) is 4.39 Å². The quantitative estimate of drug-likeness (QED) is 0.808. The summed E-state index contributed by atoms with van der Waals surface area (Å²) in [5, 5.41) is 3.03. The van der Waals surface area contributed by atoms with Crippen LogP contribution in [-0.2, 0) is 12.7 Å². The number of nitrogens with one attached hydrogen (secondary N) is 1. The largest absolute Gasteiger partial charge is 0.416 e. The topological polar surface area (TPSA) is 12.0 Å². The molecule has 0 aromatic heterocycles. The van der Waals surface area contributed by atoms with Crippen LogP contribution >= 0.6 is 0 Å². The molecular weight excluding hydrogens is 234 g/mol. The Balaban J connectivity index is 2.14. The fourth-order valence-corrected chi connectivity index (χ4v) is 1.81. The zero-order valence-corrected chi connectivity index (χ0v) is 9.31. The van der Waals surface area contributed by atoms with Crippen LogP contribution in [-0.4, -0.2) is 6.04 Å². The van der Waals surface area contributed by atoms with Gasteiger partial charge in [0.25, 0.3) is 0 Å². The molecule has 1 fully saturated rings. The molecule has 0 amide bonds. The third-order valence-corrected chi connectivity index (χ3v) is 3.04. The Morgan fingerprint density at radius 3 is 2.53 bits per heavy atom. The highest BCUT2D eigenvalue weighted by Gasteiger charge is 2.35. The Morgan fingerprint density at radius 2 is 2.00 bits per heavy atom. The predicted molar refractivity (Wildman–Crippen MR) is 55.8 cm³/mol. The third-order valence-electron chi connectivity index (χ3n) is 3.04. The first-order valence-corrected chi connectivity index (χ1v) is 5.47. The maximum absolute atomic E-state index is 12.8. The fraction of sp³-hybridized carbons (Fsp3) is 0.500. The van der Waals surface area contributed by atoms with Crippen molar-refractivity contribution in [2.24, 2.45) is 5.92 Å². The lowest BCUT2D eigenvalue weighted by Gasteiger charge is -2.13. The van der Waals surface area contributed by atoms with Crippen LogP contribution in [0.5, 0.6) is 0 Å². The van der Waals surface area contributed by atoms with Crippen LogP contribution in [0.15, 0.2) is 18.2 Å². The van der Waals surface area contributed by atoms with E-state index in [9.17, 15) is 17.6 Å². The van der Waals surface area contributed by atoms with E-state index in [1.807, 2.05) is 6.92 Å². The molecule has 1 saturated carbocycles. The van der Waals surface area contributed by atoms with Crippen LogP contribution in [0.25, 0.3) is 0 Å². The molecule has 94 valence electrons. The molecule has 1 N–H and O–H groups in total. The van der Waals surface area contributed by atoms with E-state index in [1.165, 1.54) is 6.07 Å². The smallest absolute Gasteiger partial charge is 0.310 e. The minimum Gasteiger partial charge on any atom is -0.310 e. The highest BCUT2D eigenvalue weighted by atomic mass is 19.4. The number of alkyl halides is 3. The molecular formula is C12H13F4N. The van der Waals surface area contributed by atoms with Crippen molar-refractivity contribution in [3.63, 3.8) is 0 Å². The van der Waals surface area contributed by atoms with Crippen molar-refractivity contribution < 1.29 is 17.6 Å². The van der Waals surface area contributed by atoms with Gasteiger partial charge in [-0.15, -0.1) is 0 Å². The second kappa shape index (κ2) is 4.29. The van der Waals surface area contributed by atoms with E-state index in [0.717, 1.165) is 12.5 Å². The molecule has 0 spiro atoms. The average Bonchev–Trinajstić information content (AvgIpc) is 2.91. The summed E-state index contributed by atoms with van der Waals surface area (Å²) >= 11 is 0. The Bertz CT molecular complexity index is 413. The molecule has 1 aromatic rings. The van der Waals surface area contributed by atoms with Gasteiger partial charge in [-0.1, -0.05) is 13.0 Å². The molecule has 0 saturated heterocycles. The molecule has 0 radical (unpaired) electrons. The molecule has 2 unspecified atom stereocenters. The van der Waals surface area contributed by atoms with Crippen molar-refractivity contribution in [2.75, 3.05) is 0 Å².